The van der Waals surface area contributed by atoms with Gasteiger partial charge in [0.25, 0.3) is 0 Å². The summed E-state index contributed by atoms with van der Waals surface area (Å²) in [6.07, 6.45) is 5.71. The van der Waals surface area contributed by atoms with E-state index in [1.807, 2.05) is 12.1 Å². The normalized spacial score (nSPS) is 14.6. The van der Waals surface area contributed by atoms with Crippen LogP contribution in [-0.4, -0.2) is 11.1 Å². The summed E-state index contributed by atoms with van der Waals surface area (Å²) in [5, 5.41) is 12.1. The molecule has 92 valence electrons. The molecule has 5 nitrogen and oxygen atoms in total. The van der Waals surface area contributed by atoms with Crippen molar-refractivity contribution < 1.29 is 9.90 Å². The van der Waals surface area contributed by atoms with Crippen LogP contribution in [0.3, 0.4) is 0 Å². The van der Waals surface area contributed by atoms with Crippen molar-refractivity contribution in [2.45, 2.75) is 25.7 Å². The Bertz CT molecular complexity index is 553. The molecule has 1 aromatic rings. The van der Waals surface area contributed by atoms with Gasteiger partial charge in [-0.2, -0.15) is 0 Å². The number of nitrogens with zero attached hydrogens (tertiary/aromatic N) is 3. The van der Waals surface area contributed by atoms with Gasteiger partial charge in [0.15, 0.2) is 0 Å². The van der Waals surface area contributed by atoms with Gasteiger partial charge in [0, 0.05) is 4.91 Å². The Kier molecular flexibility index (Phi) is 3.65. The number of rotatable bonds is 3. The molecule has 1 aromatic carbocycles. The van der Waals surface area contributed by atoms with Crippen LogP contribution in [0.4, 0.5) is 0 Å². The molecular formula is C13H13N3O2. The third-order valence-corrected chi connectivity index (χ3v) is 3.10. The highest BCUT2D eigenvalue weighted by Gasteiger charge is 2.13. The smallest absolute Gasteiger partial charge is 0.338 e. The molecule has 1 aliphatic rings. The zero-order valence-corrected chi connectivity index (χ0v) is 9.83. The van der Waals surface area contributed by atoms with Crippen LogP contribution in [0.1, 0.15) is 29.5 Å². The minimum absolute atomic E-state index is 0.267. The molecule has 1 N–H and O–H groups in total. The van der Waals surface area contributed by atoms with E-state index in [0.29, 0.717) is 0 Å². The number of fused-ring (bicyclic) bond motifs is 1. The summed E-state index contributed by atoms with van der Waals surface area (Å²) in [5.74, 6) is -1.21. The molecule has 18 heavy (non-hydrogen) atoms. The van der Waals surface area contributed by atoms with Crippen LogP contribution < -0.4 is 0 Å². The molecule has 0 radical (unpaired) electrons. The van der Waals surface area contributed by atoms with Gasteiger partial charge in [-0.25, -0.2) is 4.79 Å². The van der Waals surface area contributed by atoms with Crippen LogP contribution >= 0.6 is 0 Å². The molecule has 0 aromatic heterocycles. The topological polar surface area (TPSA) is 86.1 Å². The van der Waals surface area contributed by atoms with E-state index in [2.05, 4.69) is 16.1 Å². The summed E-state index contributed by atoms with van der Waals surface area (Å²) in [6, 6.07) is 5.84. The maximum absolute atomic E-state index is 10.9. The van der Waals surface area contributed by atoms with Crippen LogP contribution in [-0.2, 0) is 17.6 Å². The van der Waals surface area contributed by atoms with Gasteiger partial charge >= 0.3 is 5.97 Å². The summed E-state index contributed by atoms with van der Waals surface area (Å²) in [6.45, 7) is 0. The molecule has 2 rings (SSSR count). The van der Waals surface area contributed by atoms with E-state index >= 15 is 0 Å². The Hall–Kier alpha value is -2.26. The third kappa shape index (κ3) is 2.52. The first kappa shape index (κ1) is 12.2. The number of hydrogen-bond acceptors (Lipinski definition) is 2. The van der Waals surface area contributed by atoms with Crippen LogP contribution in [0.2, 0.25) is 0 Å². The van der Waals surface area contributed by atoms with Crippen molar-refractivity contribution in [2.75, 3.05) is 0 Å². The van der Waals surface area contributed by atoms with Crippen LogP contribution in [0, 0.1) is 0 Å². The van der Waals surface area contributed by atoms with Gasteiger partial charge in [0.1, 0.15) is 5.70 Å². The van der Waals surface area contributed by atoms with Crippen LogP contribution in [0.5, 0.6) is 0 Å². The standard InChI is InChI=1S/C13H13N3O2/c14-16-15-12(13(17)18)8-10-6-3-5-9-4-1-2-7-11(9)10/h3,5-6,8H,1-2,4,7H2,(H,17,18)/b12-8-. The van der Waals surface area contributed by atoms with E-state index in [1.165, 1.54) is 23.6 Å². The highest BCUT2D eigenvalue weighted by molar-refractivity contribution is 5.92. The lowest BCUT2D eigenvalue weighted by atomic mass is 9.88. The number of carboxylic acids is 1. The SMILES string of the molecule is [N-]=[N+]=N/C(=C\c1cccc2c1CCCC2)C(=O)O. The second kappa shape index (κ2) is 5.38. The third-order valence-electron chi connectivity index (χ3n) is 3.10. The first-order valence-electron chi connectivity index (χ1n) is 5.83. The maximum Gasteiger partial charge on any atom is 0.338 e. The molecule has 0 saturated carbocycles. The monoisotopic (exact) mass is 243 g/mol. The number of benzene rings is 1. The van der Waals surface area contributed by atoms with Gasteiger partial charge < -0.3 is 5.11 Å². The number of aryl methyl sites for hydroxylation is 1. The first-order chi connectivity index (χ1) is 8.72. The maximum atomic E-state index is 10.9. The summed E-state index contributed by atoms with van der Waals surface area (Å²) in [7, 11) is 0. The number of aliphatic carboxylic acids is 1. The zero-order valence-electron chi connectivity index (χ0n) is 9.83. The fourth-order valence-electron chi connectivity index (χ4n) is 2.27. The second-order valence-electron chi connectivity index (χ2n) is 4.22. The molecule has 0 unspecified atom stereocenters. The summed E-state index contributed by atoms with van der Waals surface area (Å²) in [4.78, 5) is 13.5. The first-order valence-corrected chi connectivity index (χ1v) is 5.83. The van der Waals surface area contributed by atoms with E-state index in [-0.39, 0.29) is 5.70 Å². The predicted octanol–water partition coefficient (Wildman–Crippen LogP) is 3.30. The average molecular weight is 243 g/mol. The molecule has 0 fully saturated rings. The molecule has 0 bridgehead atoms. The van der Waals surface area contributed by atoms with Crippen molar-refractivity contribution in [1.82, 2.24) is 0 Å². The van der Waals surface area contributed by atoms with Gasteiger partial charge in [-0.1, -0.05) is 23.3 Å². The molecule has 0 atom stereocenters. The Balaban J connectivity index is 2.47. The van der Waals surface area contributed by atoms with Crippen molar-refractivity contribution in [2.24, 2.45) is 5.11 Å². The summed E-state index contributed by atoms with van der Waals surface area (Å²) in [5.41, 5.74) is 11.4. The Morgan fingerprint density at radius 3 is 2.89 bits per heavy atom. The van der Waals surface area contributed by atoms with Crippen molar-refractivity contribution >= 4 is 12.0 Å². The largest absolute Gasteiger partial charge is 0.478 e. The zero-order chi connectivity index (χ0) is 13.0. The molecule has 0 spiro atoms. The fraction of sp³-hybridized carbons (Fsp3) is 0.308. The lowest BCUT2D eigenvalue weighted by Gasteiger charge is -2.17. The van der Waals surface area contributed by atoms with Gasteiger partial charge in [-0.3, -0.25) is 0 Å². The molecule has 5 heteroatoms. The van der Waals surface area contributed by atoms with E-state index in [1.54, 1.807) is 0 Å². The highest BCUT2D eigenvalue weighted by atomic mass is 16.4. The summed E-state index contributed by atoms with van der Waals surface area (Å²) < 4.78 is 0. The quantitative estimate of drug-likeness (QED) is 0.382. The molecular weight excluding hydrogens is 230 g/mol. The molecule has 0 amide bonds. The highest BCUT2D eigenvalue weighted by Crippen LogP contribution is 2.26. The lowest BCUT2D eigenvalue weighted by Crippen LogP contribution is -2.05. The van der Waals surface area contributed by atoms with E-state index in [9.17, 15) is 4.79 Å². The van der Waals surface area contributed by atoms with Crippen molar-refractivity contribution in [1.29, 1.82) is 0 Å². The molecule has 0 heterocycles. The number of carbonyl (C=O) groups is 1. The Labute approximate surface area is 104 Å². The van der Waals surface area contributed by atoms with Gasteiger partial charge in [0.05, 0.1) is 0 Å². The van der Waals surface area contributed by atoms with E-state index < -0.39 is 5.97 Å². The Morgan fingerprint density at radius 1 is 1.39 bits per heavy atom. The van der Waals surface area contributed by atoms with Crippen molar-refractivity contribution in [3.63, 3.8) is 0 Å². The van der Waals surface area contributed by atoms with Gasteiger partial charge in [-0.15, -0.1) is 0 Å². The number of azide groups is 1. The molecule has 1 aliphatic carbocycles. The minimum atomic E-state index is -1.21. The van der Waals surface area contributed by atoms with E-state index in [0.717, 1.165) is 24.8 Å². The van der Waals surface area contributed by atoms with Crippen LogP contribution in [0.15, 0.2) is 29.0 Å². The summed E-state index contributed by atoms with van der Waals surface area (Å²) >= 11 is 0. The van der Waals surface area contributed by atoms with Gasteiger partial charge in [-0.05, 0) is 54.0 Å². The number of hydrogen-bond donors (Lipinski definition) is 1. The van der Waals surface area contributed by atoms with Crippen molar-refractivity contribution in [3.8, 4) is 0 Å². The lowest BCUT2D eigenvalue weighted by molar-refractivity contribution is -0.132. The van der Waals surface area contributed by atoms with Crippen molar-refractivity contribution in [3.05, 3.63) is 51.0 Å². The minimum Gasteiger partial charge on any atom is -0.478 e. The van der Waals surface area contributed by atoms with Gasteiger partial charge in [0.2, 0.25) is 0 Å². The Morgan fingerprint density at radius 2 is 2.17 bits per heavy atom. The predicted molar refractivity (Wildman–Crippen MR) is 67.8 cm³/mol. The fourth-order valence-corrected chi connectivity index (χ4v) is 2.27. The van der Waals surface area contributed by atoms with E-state index in [4.69, 9.17) is 10.6 Å². The van der Waals surface area contributed by atoms with Crippen LogP contribution in [0.25, 0.3) is 16.5 Å². The molecule has 0 saturated heterocycles. The average Bonchev–Trinajstić information content (AvgIpc) is 2.38. The second-order valence-corrected chi connectivity index (χ2v) is 4.22. The number of carboxylic acid groups (broad SMARTS) is 1. The molecule has 0 aliphatic heterocycles.